The van der Waals surface area contributed by atoms with Crippen molar-refractivity contribution in [3.05, 3.63) is 35.4 Å². The van der Waals surface area contributed by atoms with Gasteiger partial charge in [0.05, 0.1) is 5.56 Å². The van der Waals surface area contributed by atoms with Gasteiger partial charge in [-0.2, -0.15) is 26.3 Å². The monoisotopic (exact) mass is 270 g/mol. The third-order valence-electron chi connectivity index (χ3n) is 2.36. The molecule has 0 saturated carbocycles. The van der Waals surface area contributed by atoms with Gasteiger partial charge in [0.15, 0.2) is 5.78 Å². The van der Waals surface area contributed by atoms with E-state index in [9.17, 15) is 31.1 Å². The van der Waals surface area contributed by atoms with E-state index in [0.717, 1.165) is 12.1 Å². The van der Waals surface area contributed by atoms with Crippen LogP contribution in [0.25, 0.3) is 0 Å². The lowest BCUT2D eigenvalue weighted by Crippen LogP contribution is -2.28. The van der Waals surface area contributed by atoms with Crippen molar-refractivity contribution in [1.29, 1.82) is 0 Å². The van der Waals surface area contributed by atoms with E-state index < -0.39 is 35.2 Å². The van der Waals surface area contributed by atoms with Gasteiger partial charge in [-0.3, -0.25) is 4.79 Å². The summed E-state index contributed by atoms with van der Waals surface area (Å²) >= 11 is 0. The molecule has 0 fully saturated rings. The lowest BCUT2D eigenvalue weighted by atomic mass is 9.97. The first kappa shape index (κ1) is 14.5. The Labute approximate surface area is 98.4 Å². The molecule has 1 aromatic carbocycles. The number of benzene rings is 1. The summed E-state index contributed by atoms with van der Waals surface area (Å²) in [6, 6.07) is 2.94. The molecule has 0 N–H and O–H groups in total. The Morgan fingerprint density at radius 2 is 1.67 bits per heavy atom. The van der Waals surface area contributed by atoms with Crippen molar-refractivity contribution in [3.8, 4) is 0 Å². The number of rotatable bonds is 2. The van der Waals surface area contributed by atoms with Gasteiger partial charge in [0, 0.05) is 5.56 Å². The molecule has 0 aromatic heterocycles. The highest BCUT2D eigenvalue weighted by atomic mass is 19.4. The fourth-order valence-corrected chi connectivity index (χ4v) is 1.25. The highest BCUT2D eigenvalue weighted by Crippen LogP contribution is 2.32. The van der Waals surface area contributed by atoms with E-state index in [0.29, 0.717) is 19.1 Å². The van der Waals surface area contributed by atoms with Crippen LogP contribution in [0.3, 0.4) is 0 Å². The van der Waals surface area contributed by atoms with Crippen LogP contribution in [0.4, 0.5) is 26.3 Å². The SMILES string of the molecule is CC(C(=O)c1cccc(C(F)(F)F)c1)C(F)(F)F. The summed E-state index contributed by atoms with van der Waals surface area (Å²) in [7, 11) is 0. The van der Waals surface area contributed by atoms with Gasteiger partial charge in [-0.25, -0.2) is 0 Å². The molecule has 0 aliphatic rings. The predicted molar refractivity (Wildman–Crippen MR) is 51.0 cm³/mol. The molecule has 1 atom stereocenters. The molecule has 1 nitrogen and oxygen atoms in total. The first-order chi connectivity index (χ1) is 8.03. The van der Waals surface area contributed by atoms with Gasteiger partial charge in [0.2, 0.25) is 0 Å². The maximum absolute atomic E-state index is 12.3. The van der Waals surface area contributed by atoms with E-state index >= 15 is 0 Å². The third kappa shape index (κ3) is 3.24. The standard InChI is InChI=1S/C11H8F6O/c1-6(10(12,13)14)9(18)7-3-2-4-8(5-7)11(15,16)17/h2-6H,1H3. The second-order valence-electron chi connectivity index (χ2n) is 3.71. The molecule has 0 spiro atoms. The molecule has 1 rings (SSSR count). The number of halogens is 6. The van der Waals surface area contributed by atoms with Crippen molar-refractivity contribution in [1.82, 2.24) is 0 Å². The Hall–Kier alpha value is -1.53. The van der Waals surface area contributed by atoms with Crippen molar-refractivity contribution in [2.45, 2.75) is 19.3 Å². The number of alkyl halides is 6. The van der Waals surface area contributed by atoms with Crippen LogP contribution in [-0.2, 0) is 6.18 Å². The Bertz CT molecular complexity index is 446. The van der Waals surface area contributed by atoms with E-state index in [2.05, 4.69) is 0 Å². The Morgan fingerprint density at radius 3 is 2.11 bits per heavy atom. The average Bonchev–Trinajstić information content (AvgIpc) is 2.25. The number of carbonyl (C=O) groups excluding carboxylic acids is 1. The molecule has 0 heterocycles. The molecule has 18 heavy (non-hydrogen) atoms. The molecule has 0 saturated heterocycles. The lowest BCUT2D eigenvalue weighted by molar-refractivity contribution is -0.155. The molecular formula is C11H8F6O. The molecule has 0 bridgehead atoms. The Kier molecular flexibility index (Phi) is 3.73. The van der Waals surface area contributed by atoms with Crippen LogP contribution in [0.5, 0.6) is 0 Å². The van der Waals surface area contributed by atoms with Crippen LogP contribution in [0.15, 0.2) is 24.3 Å². The average molecular weight is 270 g/mol. The van der Waals surface area contributed by atoms with Gasteiger partial charge in [-0.1, -0.05) is 12.1 Å². The van der Waals surface area contributed by atoms with Crippen molar-refractivity contribution in [3.63, 3.8) is 0 Å². The first-order valence-electron chi connectivity index (χ1n) is 4.81. The lowest BCUT2D eigenvalue weighted by Gasteiger charge is -2.15. The summed E-state index contributed by atoms with van der Waals surface area (Å²) in [5, 5.41) is 0. The molecule has 7 heteroatoms. The Balaban J connectivity index is 3.09. The molecule has 0 radical (unpaired) electrons. The highest BCUT2D eigenvalue weighted by molar-refractivity contribution is 5.98. The number of ketones is 1. The largest absolute Gasteiger partial charge is 0.416 e. The fraction of sp³-hybridized carbons (Fsp3) is 0.364. The van der Waals surface area contributed by atoms with E-state index in [1.165, 1.54) is 0 Å². The first-order valence-corrected chi connectivity index (χ1v) is 4.81. The summed E-state index contributed by atoms with van der Waals surface area (Å²) in [5.74, 6) is -3.71. The van der Waals surface area contributed by atoms with Crippen molar-refractivity contribution < 1.29 is 31.1 Å². The predicted octanol–water partition coefficient (Wildman–Crippen LogP) is 4.09. The minimum atomic E-state index is -4.77. The zero-order valence-corrected chi connectivity index (χ0v) is 9.06. The van der Waals surface area contributed by atoms with Gasteiger partial charge in [0.25, 0.3) is 0 Å². The topological polar surface area (TPSA) is 17.1 Å². The minimum absolute atomic E-state index is 0.421. The number of carbonyl (C=O) groups is 1. The van der Waals surface area contributed by atoms with Crippen molar-refractivity contribution >= 4 is 5.78 Å². The zero-order chi connectivity index (χ0) is 14.1. The maximum Gasteiger partial charge on any atom is 0.416 e. The number of hydrogen-bond acceptors (Lipinski definition) is 1. The van der Waals surface area contributed by atoms with Crippen molar-refractivity contribution in [2.24, 2.45) is 5.92 Å². The molecule has 0 aliphatic carbocycles. The van der Waals surface area contributed by atoms with Gasteiger partial charge < -0.3 is 0 Å². The maximum atomic E-state index is 12.3. The third-order valence-corrected chi connectivity index (χ3v) is 2.36. The quantitative estimate of drug-likeness (QED) is 0.584. The van der Waals surface area contributed by atoms with Gasteiger partial charge in [0.1, 0.15) is 5.92 Å². The zero-order valence-electron chi connectivity index (χ0n) is 9.06. The summed E-state index contributed by atoms with van der Waals surface area (Å²) in [6.45, 7) is 0.614. The van der Waals surface area contributed by atoms with E-state index in [1.807, 2.05) is 0 Å². The van der Waals surface area contributed by atoms with Crippen molar-refractivity contribution in [2.75, 3.05) is 0 Å². The van der Waals surface area contributed by atoms with E-state index in [-0.39, 0.29) is 0 Å². The van der Waals surface area contributed by atoms with Gasteiger partial charge >= 0.3 is 12.4 Å². The molecule has 1 unspecified atom stereocenters. The molecule has 1 aromatic rings. The van der Waals surface area contributed by atoms with E-state index in [4.69, 9.17) is 0 Å². The van der Waals surface area contributed by atoms with Crippen LogP contribution in [0, 0.1) is 5.92 Å². The van der Waals surface area contributed by atoms with Crippen LogP contribution in [0.2, 0.25) is 0 Å². The van der Waals surface area contributed by atoms with Crippen LogP contribution in [0.1, 0.15) is 22.8 Å². The molecule has 0 amide bonds. The Morgan fingerprint density at radius 1 is 1.11 bits per heavy atom. The molecule has 100 valence electrons. The normalized spacial score (nSPS) is 14.4. The number of hydrogen-bond donors (Lipinski definition) is 0. The minimum Gasteiger partial charge on any atom is -0.294 e. The van der Waals surface area contributed by atoms with Crippen LogP contribution < -0.4 is 0 Å². The summed E-state index contributed by atoms with van der Waals surface area (Å²) in [5.41, 5.74) is -1.75. The second-order valence-corrected chi connectivity index (χ2v) is 3.71. The molecular weight excluding hydrogens is 262 g/mol. The smallest absolute Gasteiger partial charge is 0.294 e. The van der Waals surface area contributed by atoms with E-state index in [1.54, 1.807) is 0 Å². The van der Waals surface area contributed by atoms with Gasteiger partial charge in [-0.15, -0.1) is 0 Å². The van der Waals surface area contributed by atoms with Crippen LogP contribution in [-0.4, -0.2) is 12.0 Å². The summed E-state index contributed by atoms with van der Waals surface area (Å²) < 4.78 is 73.8. The number of Topliss-reactive ketones (excluding diaryl/α,β-unsaturated/α-hetero) is 1. The highest BCUT2D eigenvalue weighted by Gasteiger charge is 2.41. The summed E-state index contributed by atoms with van der Waals surface area (Å²) in [6.07, 6.45) is -9.47. The van der Waals surface area contributed by atoms with Crippen LogP contribution >= 0.6 is 0 Å². The summed E-state index contributed by atoms with van der Waals surface area (Å²) in [4.78, 5) is 11.4. The van der Waals surface area contributed by atoms with Gasteiger partial charge in [-0.05, 0) is 19.1 Å². The fourth-order valence-electron chi connectivity index (χ4n) is 1.25. The second kappa shape index (κ2) is 4.62. The molecule has 0 aliphatic heterocycles.